The molecule has 0 aliphatic heterocycles. The maximum atomic E-state index is 11.8. The lowest BCUT2D eigenvalue weighted by Gasteiger charge is -2.06. The minimum absolute atomic E-state index is 0.138. The van der Waals surface area contributed by atoms with E-state index < -0.39 is 0 Å². The summed E-state index contributed by atoms with van der Waals surface area (Å²) in [6.07, 6.45) is 5.03. The van der Waals surface area contributed by atoms with E-state index in [0.717, 1.165) is 10.9 Å². The molecule has 2 heterocycles. The smallest absolute Gasteiger partial charge is 0.253 e. The lowest BCUT2D eigenvalue weighted by Crippen LogP contribution is -2.24. The topological polar surface area (TPSA) is 54.9 Å². The standard InChI is InChI=1S/C13H13N3O/c1-3-5-15-13(17)11-7-10-8-14-6-4-12(10)16-9(11)2/h3-4,6-8H,1,5H2,2H3,(H,15,17). The van der Waals surface area contributed by atoms with Crippen molar-refractivity contribution < 1.29 is 4.79 Å². The highest BCUT2D eigenvalue weighted by atomic mass is 16.1. The first-order valence-electron chi connectivity index (χ1n) is 5.33. The molecule has 2 rings (SSSR count). The van der Waals surface area contributed by atoms with Crippen LogP contribution in [0.1, 0.15) is 16.1 Å². The molecule has 0 aliphatic rings. The predicted molar refractivity (Wildman–Crippen MR) is 66.8 cm³/mol. The summed E-state index contributed by atoms with van der Waals surface area (Å²) in [6.45, 7) is 5.83. The number of carbonyl (C=O) groups excluding carboxylic acids is 1. The van der Waals surface area contributed by atoms with Crippen molar-refractivity contribution in [2.24, 2.45) is 0 Å². The van der Waals surface area contributed by atoms with E-state index in [9.17, 15) is 4.79 Å². The molecule has 1 N–H and O–H groups in total. The van der Waals surface area contributed by atoms with Crippen LogP contribution in [0.25, 0.3) is 10.9 Å². The van der Waals surface area contributed by atoms with Crippen molar-refractivity contribution in [2.75, 3.05) is 6.54 Å². The van der Waals surface area contributed by atoms with Gasteiger partial charge >= 0.3 is 0 Å². The van der Waals surface area contributed by atoms with Crippen molar-refractivity contribution in [3.8, 4) is 0 Å². The maximum absolute atomic E-state index is 11.8. The van der Waals surface area contributed by atoms with Gasteiger partial charge in [-0.15, -0.1) is 6.58 Å². The molecule has 17 heavy (non-hydrogen) atoms. The summed E-state index contributed by atoms with van der Waals surface area (Å²) in [7, 11) is 0. The Morgan fingerprint density at radius 3 is 3.18 bits per heavy atom. The Kier molecular flexibility index (Phi) is 3.14. The molecular weight excluding hydrogens is 214 g/mol. The molecule has 0 radical (unpaired) electrons. The minimum atomic E-state index is -0.138. The number of pyridine rings is 2. The minimum Gasteiger partial charge on any atom is -0.349 e. The average molecular weight is 227 g/mol. The van der Waals surface area contributed by atoms with Crippen molar-refractivity contribution in [3.05, 3.63) is 48.4 Å². The molecule has 0 saturated carbocycles. The van der Waals surface area contributed by atoms with Gasteiger partial charge in [-0.2, -0.15) is 0 Å². The molecule has 4 nitrogen and oxygen atoms in total. The second-order valence-corrected chi connectivity index (χ2v) is 3.69. The van der Waals surface area contributed by atoms with Gasteiger partial charge in [0.25, 0.3) is 5.91 Å². The fourth-order valence-corrected chi connectivity index (χ4v) is 1.60. The van der Waals surface area contributed by atoms with Gasteiger partial charge in [0.2, 0.25) is 0 Å². The second kappa shape index (κ2) is 4.74. The number of amides is 1. The van der Waals surface area contributed by atoms with Gasteiger partial charge in [0.1, 0.15) is 0 Å². The molecule has 1 amide bonds. The molecule has 2 aromatic heterocycles. The van der Waals surface area contributed by atoms with Crippen LogP contribution in [-0.2, 0) is 0 Å². The molecule has 0 saturated heterocycles. The van der Waals surface area contributed by atoms with E-state index in [-0.39, 0.29) is 5.91 Å². The monoisotopic (exact) mass is 227 g/mol. The number of nitrogens with one attached hydrogen (secondary N) is 1. The number of aryl methyl sites for hydroxylation is 1. The van der Waals surface area contributed by atoms with Crippen molar-refractivity contribution in [2.45, 2.75) is 6.92 Å². The van der Waals surface area contributed by atoms with Crippen LogP contribution >= 0.6 is 0 Å². The van der Waals surface area contributed by atoms with E-state index >= 15 is 0 Å². The third-order valence-electron chi connectivity index (χ3n) is 2.46. The number of rotatable bonds is 3. The van der Waals surface area contributed by atoms with Crippen molar-refractivity contribution in [1.82, 2.24) is 15.3 Å². The van der Waals surface area contributed by atoms with E-state index in [1.54, 1.807) is 18.5 Å². The predicted octanol–water partition coefficient (Wildman–Crippen LogP) is 1.85. The highest BCUT2D eigenvalue weighted by Crippen LogP contribution is 2.15. The van der Waals surface area contributed by atoms with E-state index in [2.05, 4.69) is 21.9 Å². The van der Waals surface area contributed by atoms with E-state index in [1.165, 1.54) is 0 Å². The zero-order valence-electron chi connectivity index (χ0n) is 9.60. The van der Waals surface area contributed by atoms with Crippen LogP contribution in [0.15, 0.2) is 37.2 Å². The van der Waals surface area contributed by atoms with Gasteiger partial charge in [0.05, 0.1) is 16.8 Å². The fraction of sp³-hybridized carbons (Fsp3) is 0.154. The number of aromatic nitrogens is 2. The van der Waals surface area contributed by atoms with Crippen molar-refractivity contribution >= 4 is 16.8 Å². The quantitative estimate of drug-likeness (QED) is 0.814. The Bertz CT molecular complexity index is 578. The molecule has 0 unspecified atom stereocenters. The van der Waals surface area contributed by atoms with Crippen LogP contribution in [0.4, 0.5) is 0 Å². The van der Waals surface area contributed by atoms with E-state index in [4.69, 9.17) is 0 Å². The highest BCUT2D eigenvalue weighted by molar-refractivity contribution is 5.98. The van der Waals surface area contributed by atoms with Gasteiger partial charge in [-0.05, 0) is 19.1 Å². The molecule has 86 valence electrons. The molecular formula is C13H13N3O. The van der Waals surface area contributed by atoms with Crippen LogP contribution in [0.3, 0.4) is 0 Å². The first-order chi connectivity index (χ1) is 8.22. The largest absolute Gasteiger partial charge is 0.349 e. The Labute approximate surface area is 99.4 Å². The Hall–Kier alpha value is -2.23. The van der Waals surface area contributed by atoms with Crippen LogP contribution in [0, 0.1) is 6.92 Å². The van der Waals surface area contributed by atoms with E-state index in [1.807, 2.05) is 19.1 Å². The van der Waals surface area contributed by atoms with Crippen LogP contribution in [0.2, 0.25) is 0 Å². The third-order valence-corrected chi connectivity index (χ3v) is 2.46. The summed E-state index contributed by atoms with van der Waals surface area (Å²) in [5.41, 5.74) is 2.13. The molecule has 0 spiro atoms. The SMILES string of the molecule is C=CCNC(=O)c1cc2cnccc2nc1C. The molecule has 0 fully saturated rings. The zero-order chi connectivity index (χ0) is 12.3. The van der Waals surface area contributed by atoms with Crippen molar-refractivity contribution in [3.63, 3.8) is 0 Å². The summed E-state index contributed by atoms with van der Waals surface area (Å²) in [5.74, 6) is -0.138. The Morgan fingerprint density at radius 1 is 1.59 bits per heavy atom. The van der Waals surface area contributed by atoms with Gasteiger partial charge in [0.15, 0.2) is 0 Å². The Morgan fingerprint density at radius 2 is 2.41 bits per heavy atom. The van der Waals surface area contributed by atoms with Gasteiger partial charge in [0, 0.05) is 24.3 Å². The average Bonchev–Trinajstić information content (AvgIpc) is 2.35. The zero-order valence-corrected chi connectivity index (χ0v) is 9.60. The molecule has 0 atom stereocenters. The lowest BCUT2D eigenvalue weighted by atomic mass is 10.1. The fourth-order valence-electron chi connectivity index (χ4n) is 1.60. The number of carbonyl (C=O) groups is 1. The molecule has 2 aromatic rings. The first-order valence-corrected chi connectivity index (χ1v) is 5.33. The van der Waals surface area contributed by atoms with Crippen molar-refractivity contribution in [1.29, 1.82) is 0 Å². The maximum Gasteiger partial charge on any atom is 0.253 e. The summed E-state index contributed by atoms with van der Waals surface area (Å²) in [4.78, 5) is 20.2. The first kappa shape index (κ1) is 11.3. The molecule has 4 heteroatoms. The van der Waals surface area contributed by atoms with Crippen LogP contribution in [-0.4, -0.2) is 22.4 Å². The lowest BCUT2D eigenvalue weighted by molar-refractivity contribution is 0.0957. The Balaban J connectivity index is 2.43. The highest BCUT2D eigenvalue weighted by Gasteiger charge is 2.10. The van der Waals surface area contributed by atoms with Crippen LogP contribution < -0.4 is 5.32 Å². The number of nitrogens with zero attached hydrogens (tertiary/aromatic N) is 2. The van der Waals surface area contributed by atoms with Crippen LogP contribution in [0.5, 0.6) is 0 Å². The summed E-state index contributed by atoms with van der Waals surface area (Å²) < 4.78 is 0. The molecule has 0 aliphatic carbocycles. The number of hydrogen-bond donors (Lipinski definition) is 1. The normalized spacial score (nSPS) is 10.2. The molecule has 0 aromatic carbocycles. The van der Waals surface area contributed by atoms with Gasteiger partial charge in [-0.1, -0.05) is 6.08 Å². The third kappa shape index (κ3) is 2.30. The van der Waals surface area contributed by atoms with E-state index in [0.29, 0.717) is 17.8 Å². The van der Waals surface area contributed by atoms with Gasteiger partial charge < -0.3 is 5.32 Å². The summed E-state index contributed by atoms with van der Waals surface area (Å²) in [5, 5.41) is 3.60. The number of fused-ring (bicyclic) bond motifs is 1. The summed E-state index contributed by atoms with van der Waals surface area (Å²) in [6, 6.07) is 3.64. The second-order valence-electron chi connectivity index (χ2n) is 3.69. The van der Waals surface area contributed by atoms with Gasteiger partial charge in [-0.25, -0.2) is 0 Å². The molecule has 0 bridgehead atoms. The number of hydrogen-bond acceptors (Lipinski definition) is 3. The van der Waals surface area contributed by atoms with Gasteiger partial charge in [-0.3, -0.25) is 14.8 Å². The summed E-state index contributed by atoms with van der Waals surface area (Å²) >= 11 is 0.